The van der Waals surface area contributed by atoms with Crippen LogP contribution in [0.1, 0.15) is 25.7 Å². The highest BCUT2D eigenvalue weighted by atomic mass is 19.3. The predicted octanol–water partition coefficient (Wildman–Crippen LogP) is 1.37. The van der Waals surface area contributed by atoms with Crippen molar-refractivity contribution in [2.24, 2.45) is 5.92 Å². The topological polar surface area (TPSA) is 37.3 Å². The molecule has 0 aromatic carbocycles. The molecule has 0 spiro atoms. The molecule has 12 heavy (non-hydrogen) atoms. The molecule has 1 aliphatic carbocycles. The Hall–Kier alpha value is -0.510. The molecule has 1 fully saturated rings. The maximum absolute atomic E-state index is 12.0. The zero-order chi connectivity index (χ0) is 9.14. The zero-order valence-electron chi connectivity index (χ0n) is 6.67. The monoisotopic (exact) mass is 178 g/mol. The van der Waals surface area contributed by atoms with Gasteiger partial charge < -0.3 is 5.11 Å². The largest absolute Gasteiger partial charge is 0.386 e. The smallest absolute Gasteiger partial charge is 0.264 e. The Morgan fingerprint density at radius 2 is 2.08 bits per heavy atom. The quantitative estimate of drug-likeness (QED) is 0.693. The number of carbonyl (C=O) groups is 1. The predicted molar refractivity (Wildman–Crippen MR) is 39.0 cm³/mol. The number of alkyl halides is 2. The molecule has 2 atom stereocenters. The van der Waals surface area contributed by atoms with E-state index in [1.807, 2.05) is 0 Å². The molecule has 1 rings (SSSR count). The van der Waals surface area contributed by atoms with E-state index >= 15 is 0 Å². The van der Waals surface area contributed by atoms with Gasteiger partial charge in [0, 0.05) is 12.3 Å². The van der Waals surface area contributed by atoms with Crippen molar-refractivity contribution in [3.63, 3.8) is 0 Å². The van der Waals surface area contributed by atoms with Crippen LogP contribution < -0.4 is 0 Å². The fraction of sp³-hybridized carbons (Fsp3) is 0.875. The van der Waals surface area contributed by atoms with Crippen LogP contribution in [0.25, 0.3) is 0 Å². The molecule has 0 saturated heterocycles. The molecule has 70 valence electrons. The fourth-order valence-electron chi connectivity index (χ4n) is 1.55. The van der Waals surface area contributed by atoms with Gasteiger partial charge in [0.1, 0.15) is 11.9 Å². The average molecular weight is 178 g/mol. The summed E-state index contributed by atoms with van der Waals surface area (Å²) in [6.07, 6.45) is -2.26. The number of aliphatic hydroxyl groups excluding tert-OH is 1. The molecule has 0 aromatic heterocycles. The minimum atomic E-state index is -2.79. The van der Waals surface area contributed by atoms with Gasteiger partial charge in [-0.15, -0.1) is 0 Å². The van der Waals surface area contributed by atoms with Crippen molar-refractivity contribution in [2.45, 2.75) is 38.2 Å². The van der Waals surface area contributed by atoms with E-state index in [-0.39, 0.29) is 5.78 Å². The zero-order valence-corrected chi connectivity index (χ0v) is 6.67. The van der Waals surface area contributed by atoms with Crippen LogP contribution in [0, 0.1) is 5.92 Å². The van der Waals surface area contributed by atoms with Crippen LogP contribution in [0.4, 0.5) is 8.78 Å². The second-order valence-corrected chi connectivity index (χ2v) is 3.14. The Bertz CT molecular complexity index is 170. The van der Waals surface area contributed by atoms with Gasteiger partial charge in [-0.25, -0.2) is 8.78 Å². The number of Topliss-reactive ketones (excluding diaryl/α,β-unsaturated/α-hetero) is 1. The maximum Gasteiger partial charge on any atom is 0.264 e. The van der Waals surface area contributed by atoms with Gasteiger partial charge in [-0.2, -0.15) is 0 Å². The van der Waals surface area contributed by atoms with Gasteiger partial charge in [-0.3, -0.25) is 4.79 Å². The highest BCUT2D eigenvalue weighted by molar-refractivity contribution is 5.82. The van der Waals surface area contributed by atoms with Gasteiger partial charge in [-0.1, -0.05) is 6.42 Å². The molecule has 0 amide bonds. The van der Waals surface area contributed by atoms with Crippen molar-refractivity contribution in [2.75, 3.05) is 0 Å². The van der Waals surface area contributed by atoms with E-state index in [0.29, 0.717) is 12.8 Å². The molecule has 2 nitrogen and oxygen atoms in total. The molecule has 0 heterocycles. The Morgan fingerprint density at radius 1 is 1.42 bits per heavy atom. The highest BCUT2D eigenvalue weighted by Crippen LogP contribution is 2.26. The Morgan fingerprint density at radius 3 is 2.58 bits per heavy atom. The van der Waals surface area contributed by atoms with Crippen LogP contribution in [0.3, 0.4) is 0 Å². The summed E-state index contributed by atoms with van der Waals surface area (Å²) in [4.78, 5) is 11.0. The SMILES string of the molecule is O=C1CCCC[C@H]1[C@@H](O)C(F)F. The number of carbonyl (C=O) groups excluding carboxylic acids is 1. The van der Waals surface area contributed by atoms with Crippen molar-refractivity contribution >= 4 is 5.78 Å². The lowest BCUT2D eigenvalue weighted by atomic mass is 9.84. The van der Waals surface area contributed by atoms with Crippen molar-refractivity contribution < 1.29 is 18.7 Å². The van der Waals surface area contributed by atoms with Crippen molar-refractivity contribution in [1.29, 1.82) is 0 Å². The van der Waals surface area contributed by atoms with Crippen LogP contribution in [0.15, 0.2) is 0 Å². The van der Waals surface area contributed by atoms with Gasteiger partial charge >= 0.3 is 0 Å². The first-order valence-corrected chi connectivity index (χ1v) is 4.12. The van der Waals surface area contributed by atoms with E-state index < -0.39 is 18.4 Å². The van der Waals surface area contributed by atoms with Crippen LogP contribution >= 0.6 is 0 Å². The summed E-state index contributed by atoms with van der Waals surface area (Å²) in [6.45, 7) is 0. The molecular formula is C8H12F2O2. The summed E-state index contributed by atoms with van der Waals surface area (Å²) in [6, 6.07) is 0. The van der Waals surface area contributed by atoms with E-state index in [9.17, 15) is 13.6 Å². The minimum Gasteiger partial charge on any atom is -0.386 e. The summed E-state index contributed by atoms with van der Waals surface area (Å²) in [7, 11) is 0. The highest BCUT2D eigenvalue weighted by Gasteiger charge is 2.34. The lowest BCUT2D eigenvalue weighted by Gasteiger charge is -2.24. The van der Waals surface area contributed by atoms with Gasteiger partial charge in [0.2, 0.25) is 0 Å². The van der Waals surface area contributed by atoms with Gasteiger partial charge in [0.25, 0.3) is 6.43 Å². The first kappa shape index (κ1) is 9.58. The third-order valence-electron chi connectivity index (χ3n) is 2.27. The van der Waals surface area contributed by atoms with Gasteiger partial charge in [-0.05, 0) is 12.8 Å². The van der Waals surface area contributed by atoms with Crippen LogP contribution in [-0.4, -0.2) is 23.4 Å². The summed E-state index contributed by atoms with van der Waals surface area (Å²) in [5.41, 5.74) is 0. The summed E-state index contributed by atoms with van der Waals surface area (Å²) in [5, 5.41) is 8.95. The molecular weight excluding hydrogens is 166 g/mol. The van der Waals surface area contributed by atoms with E-state index in [1.54, 1.807) is 0 Å². The first-order valence-electron chi connectivity index (χ1n) is 4.12. The van der Waals surface area contributed by atoms with E-state index in [4.69, 9.17) is 5.11 Å². The lowest BCUT2D eigenvalue weighted by Crippen LogP contribution is -2.35. The molecule has 1 saturated carbocycles. The number of ketones is 1. The summed E-state index contributed by atoms with van der Waals surface area (Å²) in [5.74, 6) is -1.03. The third-order valence-corrected chi connectivity index (χ3v) is 2.27. The lowest BCUT2D eigenvalue weighted by molar-refractivity contribution is -0.134. The van der Waals surface area contributed by atoms with Crippen molar-refractivity contribution in [3.05, 3.63) is 0 Å². The minimum absolute atomic E-state index is 0.214. The van der Waals surface area contributed by atoms with Crippen LogP contribution in [-0.2, 0) is 4.79 Å². The number of halogens is 2. The van der Waals surface area contributed by atoms with Gasteiger partial charge in [0.15, 0.2) is 0 Å². The number of hydrogen-bond acceptors (Lipinski definition) is 2. The molecule has 4 heteroatoms. The number of hydrogen-bond donors (Lipinski definition) is 1. The normalized spacial score (nSPS) is 27.7. The summed E-state index contributed by atoms with van der Waals surface area (Å²) >= 11 is 0. The van der Waals surface area contributed by atoms with Crippen molar-refractivity contribution in [1.82, 2.24) is 0 Å². The van der Waals surface area contributed by atoms with E-state index in [0.717, 1.165) is 12.8 Å². The number of rotatable bonds is 2. The summed E-state index contributed by atoms with van der Waals surface area (Å²) < 4.78 is 24.0. The first-order chi connectivity index (χ1) is 5.63. The van der Waals surface area contributed by atoms with Crippen LogP contribution in [0.5, 0.6) is 0 Å². The molecule has 0 radical (unpaired) electrons. The molecule has 0 bridgehead atoms. The van der Waals surface area contributed by atoms with Crippen LogP contribution in [0.2, 0.25) is 0 Å². The molecule has 0 aliphatic heterocycles. The fourth-order valence-corrected chi connectivity index (χ4v) is 1.55. The maximum atomic E-state index is 12.0. The van der Waals surface area contributed by atoms with Gasteiger partial charge in [0.05, 0.1) is 0 Å². The molecule has 0 aromatic rings. The third kappa shape index (κ3) is 2.00. The Kier molecular flexibility index (Phi) is 3.14. The molecule has 1 aliphatic rings. The standard InChI is InChI=1S/C8H12F2O2/c9-8(10)7(12)5-3-1-2-4-6(5)11/h5,7-8,12H,1-4H2/t5-,7-/m1/s1. The Balaban J connectivity index is 2.53. The van der Waals surface area contributed by atoms with E-state index in [2.05, 4.69) is 0 Å². The molecule has 0 unspecified atom stereocenters. The Labute approximate surface area is 69.6 Å². The second kappa shape index (κ2) is 3.94. The average Bonchev–Trinajstić information content (AvgIpc) is 2.04. The second-order valence-electron chi connectivity index (χ2n) is 3.14. The van der Waals surface area contributed by atoms with Crippen molar-refractivity contribution in [3.8, 4) is 0 Å². The van der Waals surface area contributed by atoms with E-state index in [1.165, 1.54) is 0 Å². The molecule has 1 N–H and O–H groups in total. The number of aliphatic hydroxyl groups is 1.